The molecule has 1 aromatic rings. The third-order valence-electron chi connectivity index (χ3n) is 5.19. The van der Waals surface area contributed by atoms with E-state index in [4.69, 9.17) is 0 Å². The third kappa shape index (κ3) is 2.84. The monoisotopic (exact) mass is 261 g/mol. The maximum atomic E-state index is 13.0. The van der Waals surface area contributed by atoms with Gasteiger partial charge in [0.05, 0.1) is 0 Å². The molecule has 2 heteroatoms. The van der Waals surface area contributed by atoms with Crippen molar-refractivity contribution in [2.75, 3.05) is 6.54 Å². The Hall–Kier alpha value is -0.890. The molecule has 2 saturated carbocycles. The minimum Gasteiger partial charge on any atom is -0.310 e. The van der Waals surface area contributed by atoms with Gasteiger partial charge in [-0.1, -0.05) is 25.5 Å². The average molecular weight is 261 g/mol. The minimum absolute atomic E-state index is 0.147. The average Bonchev–Trinajstić information content (AvgIpc) is 3.04. The maximum absolute atomic E-state index is 13.0. The topological polar surface area (TPSA) is 12.0 Å². The lowest BCUT2D eigenvalue weighted by Gasteiger charge is -2.25. The van der Waals surface area contributed by atoms with Crippen LogP contribution < -0.4 is 5.32 Å². The molecule has 0 spiro atoms. The molecule has 2 bridgehead atoms. The van der Waals surface area contributed by atoms with Gasteiger partial charge in [-0.15, -0.1) is 0 Å². The molecule has 1 aromatic carbocycles. The highest BCUT2D eigenvalue weighted by Crippen LogP contribution is 2.48. The predicted molar refractivity (Wildman–Crippen MR) is 76.4 cm³/mol. The molecule has 2 fully saturated rings. The second-order valence-corrected chi connectivity index (χ2v) is 6.36. The second kappa shape index (κ2) is 5.62. The van der Waals surface area contributed by atoms with Crippen LogP contribution in [0.1, 0.15) is 50.6 Å². The summed E-state index contributed by atoms with van der Waals surface area (Å²) < 4.78 is 13.0. The molecule has 4 atom stereocenters. The van der Waals surface area contributed by atoms with E-state index in [1.807, 2.05) is 12.1 Å². The summed E-state index contributed by atoms with van der Waals surface area (Å²) in [4.78, 5) is 0. The van der Waals surface area contributed by atoms with Gasteiger partial charge in [0, 0.05) is 6.04 Å². The van der Waals surface area contributed by atoms with Crippen LogP contribution in [0.15, 0.2) is 24.3 Å². The van der Waals surface area contributed by atoms with E-state index in [1.54, 1.807) is 12.1 Å². The highest BCUT2D eigenvalue weighted by molar-refractivity contribution is 5.19. The first kappa shape index (κ1) is 13.1. The number of benzene rings is 1. The van der Waals surface area contributed by atoms with Crippen molar-refractivity contribution in [1.82, 2.24) is 5.32 Å². The fourth-order valence-corrected chi connectivity index (χ4v) is 4.11. The van der Waals surface area contributed by atoms with Crippen molar-refractivity contribution in [2.24, 2.45) is 17.8 Å². The van der Waals surface area contributed by atoms with Crippen LogP contribution in [0.5, 0.6) is 0 Å². The van der Waals surface area contributed by atoms with Gasteiger partial charge in [0.2, 0.25) is 0 Å². The van der Waals surface area contributed by atoms with Crippen molar-refractivity contribution in [1.29, 1.82) is 0 Å². The molecular weight excluding hydrogens is 237 g/mol. The Morgan fingerprint density at radius 1 is 1.21 bits per heavy atom. The SMILES string of the molecule is CCC(NCC1CC2CCC1C2)c1ccc(F)cc1. The summed E-state index contributed by atoms with van der Waals surface area (Å²) in [6.07, 6.45) is 6.88. The molecule has 19 heavy (non-hydrogen) atoms. The van der Waals surface area contributed by atoms with Crippen molar-refractivity contribution in [3.8, 4) is 0 Å². The Labute approximate surface area is 115 Å². The second-order valence-electron chi connectivity index (χ2n) is 6.36. The van der Waals surface area contributed by atoms with E-state index >= 15 is 0 Å². The van der Waals surface area contributed by atoms with Gasteiger partial charge >= 0.3 is 0 Å². The van der Waals surface area contributed by atoms with Crippen LogP contribution in [-0.4, -0.2) is 6.54 Å². The summed E-state index contributed by atoms with van der Waals surface area (Å²) in [5.74, 6) is 2.73. The normalized spacial score (nSPS) is 30.7. The number of rotatable bonds is 5. The summed E-state index contributed by atoms with van der Waals surface area (Å²) in [6, 6.07) is 7.34. The Kier molecular flexibility index (Phi) is 3.88. The summed E-state index contributed by atoms with van der Waals surface area (Å²) in [5, 5.41) is 3.71. The molecule has 1 nitrogen and oxygen atoms in total. The lowest BCUT2D eigenvalue weighted by atomic mass is 9.88. The first-order valence-corrected chi connectivity index (χ1v) is 7.75. The van der Waals surface area contributed by atoms with Crippen molar-refractivity contribution in [2.45, 2.75) is 45.1 Å². The fraction of sp³-hybridized carbons (Fsp3) is 0.647. The van der Waals surface area contributed by atoms with Crippen LogP contribution in [0.25, 0.3) is 0 Å². The molecule has 2 aliphatic carbocycles. The number of fused-ring (bicyclic) bond motifs is 2. The number of halogens is 1. The van der Waals surface area contributed by atoms with E-state index in [1.165, 1.54) is 31.2 Å². The van der Waals surface area contributed by atoms with Crippen molar-refractivity contribution >= 4 is 0 Å². The van der Waals surface area contributed by atoms with Gasteiger partial charge in [-0.05, 0) is 67.7 Å². The molecule has 3 rings (SSSR count). The van der Waals surface area contributed by atoms with E-state index in [2.05, 4.69) is 12.2 Å². The first-order chi connectivity index (χ1) is 9.26. The standard InChI is InChI=1S/C17H24FN/c1-2-17(13-5-7-16(18)8-6-13)19-11-15-10-12-3-4-14(15)9-12/h5-8,12,14-15,17,19H,2-4,9-11H2,1H3. The smallest absolute Gasteiger partial charge is 0.123 e. The first-order valence-electron chi connectivity index (χ1n) is 7.75. The van der Waals surface area contributed by atoms with Crippen LogP contribution in [-0.2, 0) is 0 Å². The van der Waals surface area contributed by atoms with Gasteiger partial charge in [0.15, 0.2) is 0 Å². The molecule has 0 aliphatic heterocycles. The van der Waals surface area contributed by atoms with E-state index in [0.29, 0.717) is 6.04 Å². The molecule has 0 aromatic heterocycles. The largest absolute Gasteiger partial charge is 0.310 e. The van der Waals surface area contributed by atoms with Crippen molar-refractivity contribution in [3.63, 3.8) is 0 Å². The van der Waals surface area contributed by atoms with Crippen LogP contribution in [0.2, 0.25) is 0 Å². The predicted octanol–water partition coefficient (Wildman–Crippen LogP) is 4.30. The van der Waals surface area contributed by atoms with Gasteiger partial charge in [-0.2, -0.15) is 0 Å². The maximum Gasteiger partial charge on any atom is 0.123 e. The van der Waals surface area contributed by atoms with E-state index in [9.17, 15) is 4.39 Å². The highest BCUT2D eigenvalue weighted by Gasteiger charge is 2.39. The van der Waals surface area contributed by atoms with Gasteiger partial charge < -0.3 is 5.32 Å². The minimum atomic E-state index is -0.147. The number of hydrogen-bond acceptors (Lipinski definition) is 1. The van der Waals surface area contributed by atoms with E-state index in [0.717, 1.165) is 30.7 Å². The zero-order valence-electron chi connectivity index (χ0n) is 11.7. The molecule has 2 aliphatic rings. The molecule has 0 heterocycles. The molecule has 1 N–H and O–H groups in total. The lowest BCUT2D eigenvalue weighted by Crippen LogP contribution is -2.29. The van der Waals surface area contributed by atoms with Gasteiger partial charge in [0.25, 0.3) is 0 Å². The summed E-state index contributed by atoms with van der Waals surface area (Å²) in [7, 11) is 0. The number of nitrogens with one attached hydrogen (secondary N) is 1. The highest BCUT2D eigenvalue weighted by atomic mass is 19.1. The summed E-state index contributed by atoms with van der Waals surface area (Å²) >= 11 is 0. The van der Waals surface area contributed by atoms with Gasteiger partial charge in [-0.3, -0.25) is 0 Å². The Morgan fingerprint density at radius 2 is 2.00 bits per heavy atom. The van der Waals surface area contributed by atoms with Gasteiger partial charge in [-0.25, -0.2) is 4.39 Å². The van der Waals surface area contributed by atoms with Gasteiger partial charge in [0.1, 0.15) is 5.82 Å². The Balaban J connectivity index is 1.56. The van der Waals surface area contributed by atoms with Crippen molar-refractivity contribution < 1.29 is 4.39 Å². The third-order valence-corrected chi connectivity index (χ3v) is 5.19. The molecule has 0 radical (unpaired) electrons. The quantitative estimate of drug-likeness (QED) is 0.833. The summed E-state index contributed by atoms with van der Waals surface area (Å²) in [5.41, 5.74) is 1.21. The summed E-state index contributed by atoms with van der Waals surface area (Å²) in [6.45, 7) is 3.33. The van der Waals surface area contributed by atoms with Crippen LogP contribution in [0.4, 0.5) is 4.39 Å². The molecular formula is C17H24FN. The Morgan fingerprint density at radius 3 is 2.58 bits per heavy atom. The molecule has 0 amide bonds. The molecule has 4 unspecified atom stereocenters. The zero-order chi connectivity index (χ0) is 13.2. The van der Waals surface area contributed by atoms with E-state index < -0.39 is 0 Å². The van der Waals surface area contributed by atoms with Crippen LogP contribution in [0.3, 0.4) is 0 Å². The Bertz CT molecular complexity index is 414. The molecule has 0 saturated heterocycles. The van der Waals surface area contributed by atoms with E-state index in [-0.39, 0.29) is 5.82 Å². The fourth-order valence-electron chi connectivity index (χ4n) is 4.11. The number of hydrogen-bond donors (Lipinski definition) is 1. The van der Waals surface area contributed by atoms with Crippen molar-refractivity contribution in [3.05, 3.63) is 35.6 Å². The van der Waals surface area contributed by atoms with Crippen LogP contribution in [0, 0.1) is 23.6 Å². The van der Waals surface area contributed by atoms with Crippen LogP contribution >= 0.6 is 0 Å². The zero-order valence-corrected chi connectivity index (χ0v) is 11.7. The lowest BCUT2D eigenvalue weighted by molar-refractivity contribution is 0.304. The molecule has 104 valence electrons.